The normalized spacial score (nSPS) is 11.0. The predicted octanol–water partition coefficient (Wildman–Crippen LogP) is 4.44. The Labute approximate surface area is 140 Å². The van der Waals surface area contributed by atoms with Crippen LogP contribution in [0.3, 0.4) is 0 Å². The first kappa shape index (κ1) is 15.8. The molecule has 4 heteroatoms. The number of halogens is 1. The SMILES string of the molecule is CCCCn1nc(Cc2ccccc2Cl)c2ccccc2c1=O. The fraction of sp³-hybridized carbons (Fsp3) is 0.263. The highest BCUT2D eigenvalue weighted by Crippen LogP contribution is 2.21. The first-order valence-electron chi connectivity index (χ1n) is 7.93. The minimum absolute atomic E-state index is 0.0167. The summed E-state index contributed by atoms with van der Waals surface area (Å²) in [6.45, 7) is 2.76. The van der Waals surface area contributed by atoms with Gasteiger partial charge in [0.1, 0.15) is 0 Å². The Balaban J connectivity index is 2.13. The maximum absolute atomic E-state index is 12.6. The van der Waals surface area contributed by atoms with E-state index in [9.17, 15) is 4.79 Å². The van der Waals surface area contributed by atoms with Gasteiger partial charge in [0.2, 0.25) is 0 Å². The smallest absolute Gasteiger partial charge is 0.267 e. The predicted molar refractivity (Wildman–Crippen MR) is 95.2 cm³/mol. The molecule has 0 amide bonds. The van der Waals surface area contributed by atoms with Crippen molar-refractivity contribution < 1.29 is 0 Å². The van der Waals surface area contributed by atoms with Crippen molar-refractivity contribution in [3.05, 3.63) is 75.2 Å². The maximum Gasteiger partial charge on any atom is 0.274 e. The zero-order valence-electron chi connectivity index (χ0n) is 13.1. The molecule has 0 saturated heterocycles. The summed E-state index contributed by atoms with van der Waals surface area (Å²) >= 11 is 6.28. The van der Waals surface area contributed by atoms with Crippen LogP contribution in [0.15, 0.2) is 53.3 Å². The Morgan fingerprint density at radius 1 is 1.04 bits per heavy atom. The number of hydrogen-bond acceptors (Lipinski definition) is 2. The highest BCUT2D eigenvalue weighted by molar-refractivity contribution is 6.31. The highest BCUT2D eigenvalue weighted by Gasteiger charge is 2.11. The van der Waals surface area contributed by atoms with Gasteiger partial charge >= 0.3 is 0 Å². The molecule has 0 unspecified atom stereocenters. The summed E-state index contributed by atoms with van der Waals surface area (Å²) in [4.78, 5) is 12.6. The lowest BCUT2D eigenvalue weighted by atomic mass is 10.0. The lowest BCUT2D eigenvalue weighted by Crippen LogP contribution is -2.25. The minimum atomic E-state index is -0.0167. The Morgan fingerprint density at radius 3 is 2.48 bits per heavy atom. The van der Waals surface area contributed by atoms with Crippen LogP contribution in [0, 0.1) is 0 Å². The van der Waals surface area contributed by atoms with Crippen LogP contribution < -0.4 is 5.56 Å². The molecule has 2 aromatic carbocycles. The number of aromatic nitrogens is 2. The summed E-state index contributed by atoms with van der Waals surface area (Å²) in [5, 5.41) is 6.98. The average molecular weight is 327 g/mol. The van der Waals surface area contributed by atoms with Crippen molar-refractivity contribution in [2.75, 3.05) is 0 Å². The van der Waals surface area contributed by atoms with E-state index in [0.717, 1.165) is 39.9 Å². The van der Waals surface area contributed by atoms with Gasteiger partial charge in [0.15, 0.2) is 0 Å². The average Bonchev–Trinajstić information content (AvgIpc) is 2.58. The molecule has 0 N–H and O–H groups in total. The number of aryl methyl sites for hydroxylation is 1. The van der Waals surface area contributed by atoms with Crippen LogP contribution in [0.2, 0.25) is 5.02 Å². The fourth-order valence-corrected chi connectivity index (χ4v) is 2.92. The number of hydrogen-bond donors (Lipinski definition) is 0. The quantitative estimate of drug-likeness (QED) is 0.694. The topological polar surface area (TPSA) is 34.9 Å². The van der Waals surface area contributed by atoms with E-state index in [-0.39, 0.29) is 5.56 Å². The molecule has 0 saturated carbocycles. The third-order valence-corrected chi connectivity index (χ3v) is 4.35. The fourth-order valence-electron chi connectivity index (χ4n) is 2.72. The van der Waals surface area contributed by atoms with Crippen LogP contribution in [0.25, 0.3) is 10.8 Å². The van der Waals surface area contributed by atoms with E-state index in [4.69, 9.17) is 11.6 Å². The molecule has 0 atom stereocenters. The molecule has 0 spiro atoms. The Bertz CT molecular complexity index is 886. The number of fused-ring (bicyclic) bond motifs is 1. The van der Waals surface area contributed by atoms with Gasteiger partial charge in [-0.2, -0.15) is 5.10 Å². The van der Waals surface area contributed by atoms with Gasteiger partial charge in [-0.05, 0) is 24.1 Å². The number of unbranched alkanes of at least 4 members (excludes halogenated alkanes) is 1. The molecule has 0 bridgehead atoms. The van der Waals surface area contributed by atoms with Gasteiger partial charge in [-0.1, -0.05) is 61.3 Å². The first-order chi connectivity index (χ1) is 11.2. The lowest BCUT2D eigenvalue weighted by Gasteiger charge is -2.11. The van der Waals surface area contributed by atoms with Crippen LogP contribution in [-0.2, 0) is 13.0 Å². The third kappa shape index (κ3) is 3.30. The lowest BCUT2D eigenvalue weighted by molar-refractivity contribution is 0.540. The number of nitrogens with zero attached hydrogens (tertiary/aromatic N) is 2. The summed E-state index contributed by atoms with van der Waals surface area (Å²) < 4.78 is 1.60. The molecule has 0 fully saturated rings. The molecule has 3 aromatic rings. The zero-order valence-corrected chi connectivity index (χ0v) is 13.9. The Hall–Kier alpha value is -2.13. The van der Waals surface area contributed by atoms with Crippen molar-refractivity contribution in [3.8, 4) is 0 Å². The largest absolute Gasteiger partial charge is 0.274 e. The molecule has 1 heterocycles. The molecule has 0 radical (unpaired) electrons. The van der Waals surface area contributed by atoms with E-state index in [1.165, 1.54) is 0 Å². The van der Waals surface area contributed by atoms with E-state index in [1.807, 2.05) is 48.5 Å². The molecule has 23 heavy (non-hydrogen) atoms. The van der Waals surface area contributed by atoms with Crippen LogP contribution in [-0.4, -0.2) is 9.78 Å². The second-order valence-electron chi connectivity index (χ2n) is 5.64. The van der Waals surface area contributed by atoms with Crippen molar-refractivity contribution in [2.24, 2.45) is 0 Å². The van der Waals surface area contributed by atoms with Gasteiger partial charge in [-0.3, -0.25) is 4.79 Å². The third-order valence-electron chi connectivity index (χ3n) is 3.98. The maximum atomic E-state index is 12.6. The van der Waals surface area contributed by atoms with Gasteiger partial charge in [-0.25, -0.2) is 4.68 Å². The molecule has 0 aliphatic rings. The summed E-state index contributed by atoms with van der Waals surface area (Å²) in [6, 6.07) is 15.4. The Morgan fingerprint density at radius 2 is 1.74 bits per heavy atom. The second kappa shape index (κ2) is 6.97. The van der Waals surface area contributed by atoms with Crippen molar-refractivity contribution in [1.29, 1.82) is 0 Å². The van der Waals surface area contributed by atoms with Gasteiger partial charge < -0.3 is 0 Å². The second-order valence-corrected chi connectivity index (χ2v) is 6.05. The van der Waals surface area contributed by atoms with Gasteiger partial charge in [0, 0.05) is 23.4 Å². The molecule has 3 nitrogen and oxygen atoms in total. The highest BCUT2D eigenvalue weighted by atomic mass is 35.5. The summed E-state index contributed by atoms with van der Waals surface area (Å²) in [5.41, 5.74) is 1.90. The summed E-state index contributed by atoms with van der Waals surface area (Å²) in [5.74, 6) is 0. The zero-order chi connectivity index (χ0) is 16.2. The van der Waals surface area contributed by atoms with Crippen molar-refractivity contribution >= 4 is 22.4 Å². The van der Waals surface area contributed by atoms with Crippen LogP contribution in [0.5, 0.6) is 0 Å². The van der Waals surface area contributed by atoms with Crippen molar-refractivity contribution in [1.82, 2.24) is 9.78 Å². The summed E-state index contributed by atoms with van der Waals surface area (Å²) in [6.07, 6.45) is 2.59. The van der Waals surface area contributed by atoms with Crippen LogP contribution in [0.1, 0.15) is 31.0 Å². The molecule has 0 aliphatic carbocycles. The van der Waals surface area contributed by atoms with Gasteiger partial charge in [-0.15, -0.1) is 0 Å². The molecular formula is C19H19ClN2O. The number of benzene rings is 2. The van der Waals surface area contributed by atoms with Crippen molar-refractivity contribution in [2.45, 2.75) is 32.7 Å². The van der Waals surface area contributed by atoms with E-state index in [1.54, 1.807) is 4.68 Å². The van der Waals surface area contributed by atoms with Crippen LogP contribution in [0.4, 0.5) is 0 Å². The molecule has 118 valence electrons. The van der Waals surface area contributed by atoms with Gasteiger partial charge in [0.25, 0.3) is 5.56 Å². The van der Waals surface area contributed by atoms with E-state index in [0.29, 0.717) is 13.0 Å². The number of rotatable bonds is 5. The summed E-state index contributed by atoms with van der Waals surface area (Å²) in [7, 11) is 0. The monoisotopic (exact) mass is 326 g/mol. The van der Waals surface area contributed by atoms with E-state index < -0.39 is 0 Å². The standard InChI is InChI=1S/C19H19ClN2O/c1-2-3-12-22-19(23)16-10-6-5-9-15(16)18(21-22)13-14-8-4-7-11-17(14)20/h4-11H,2-3,12-13H2,1H3. The minimum Gasteiger partial charge on any atom is -0.267 e. The van der Waals surface area contributed by atoms with E-state index >= 15 is 0 Å². The van der Waals surface area contributed by atoms with E-state index in [2.05, 4.69) is 12.0 Å². The van der Waals surface area contributed by atoms with Crippen molar-refractivity contribution in [3.63, 3.8) is 0 Å². The Kier molecular flexibility index (Phi) is 4.77. The van der Waals surface area contributed by atoms with Crippen LogP contribution >= 0.6 is 11.6 Å². The first-order valence-corrected chi connectivity index (χ1v) is 8.30. The molecule has 3 rings (SSSR count). The molecule has 1 aromatic heterocycles. The van der Waals surface area contributed by atoms with Gasteiger partial charge in [0.05, 0.1) is 11.1 Å². The molecular weight excluding hydrogens is 308 g/mol. The molecule has 0 aliphatic heterocycles.